The van der Waals surface area contributed by atoms with Gasteiger partial charge in [0.05, 0.1) is 18.5 Å². The molecule has 0 radical (unpaired) electrons. The molecule has 6 nitrogen and oxygen atoms in total. The monoisotopic (exact) mass is 392 g/mol. The van der Waals surface area contributed by atoms with E-state index in [0.717, 1.165) is 51.8 Å². The second-order valence-electron chi connectivity index (χ2n) is 5.70. The first-order chi connectivity index (χ1) is 12.3. The van der Waals surface area contributed by atoms with E-state index in [0.29, 0.717) is 6.26 Å². The van der Waals surface area contributed by atoms with Gasteiger partial charge in [-0.2, -0.15) is 8.42 Å². The number of hydrogen-bond acceptors (Lipinski definition) is 5. The summed E-state index contributed by atoms with van der Waals surface area (Å²) in [5.41, 5.74) is 3.79. The van der Waals surface area contributed by atoms with E-state index in [-0.39, 0.29) is 0 Å². The molecule has 0 aliphatic carbocycles. The molecule has 1 aromatic heterocycles. The van der Waals surface area contributed by atoms with Gasteiger partial charge in [0.15, 0.2) is 5.76 Å². The standard InChI is InChI=1S/C17H13ClN2O.CH4O3S/c18-12-7-5-11(6-8-12)15-17-16(20-10-9-19-15)13-3-1-2-4-14(13)21-17;1-5(2,3)4/h1-8,20H,9-10H2;1H3,(H,2,3,4). The van der Waals surface area contributed by atoms with Gasteiger partial charge in [0.2, 0.25) is 0 Å². The van der Waals surface area contributed by atoms with Gasteiger partial charge in [-0.05, 0) is 24.3 Å². The van der Waals surface area contributed by atoms with E-state index in [9.17, 15) is 8.42 Å². The van der Waals surface area contributed by atoms with Crippen LogP contribution in [0.2, 0.25) is 5.02 Å². The lowest BCUT2D eigenvalue weighted by Gasteiger charge is -2.04. The molecular formula is C18H17ClN2O4S. The Morgan fingerprint density at radius 2 is 1.81 bits per heavy atom. The van der Waals surface area contributed by atoms with E-state index >= 15 is 0 Å². The molecule has 2 aromatic carbocycles. The van der Waals surface area contributed by atoms with E-state index in [2.05, 4.69) is 16.4 Å². The average molecular weight is 393 g/mol. The highest BCUT2D eigenvalue weighted by Crippen LogP contribution is 2.33. The van der Waals surface area contributed by atoms with Crippen molar-refractivity contribution in [1.82, 2.24) is 0 Å². The van der Waals surface area contributed by atoms with Crippen molar-refractivity contribution in [2.45, 2.75) is 0 Å². The second-order valence-corrected chi connectivity index (χ2v) is 7.60. The number of benzene rings is 2. The number of fused-ring (bicyclic) bond motifs is 3. The van der Waals surface area contributed by atoms with E-state index in [4.69, 9.17) is 20.6 Å². The average Bonchev–Trinajstić information content (AvgIpc) is 2.80. The maximum atomic E-state index is 9.19. The van der Waals surface area contributed by atoms with E-state index in [1.807, 2.05) is 42.5 Å². The molecule has 0 atom stereocenters. The first kappa shape index (κ1) is 18.4. The summed E-state index contributed by atoms with van der Waals surface area (Å²) in [6.45, 7) is 1.52. The van der Waals surface area contributed by atoms with Gasteiger partial charge < -0.3 is 9.73 Å². The number of furan rings is 1. The van der Waals surface area contributed by atoms with Crippen molar-refractivity contribution >= 4 is 44.1 Å². The molecule has 0 fully saturated rings. The SMILES string of the molecule is CS(=O)(=O)O.Clc1ccc(C2=NCCNc3c2oc2ccccc32)cc1. The highest BCUT2D eigenvalue weighted by atomic mass is 35.5. The number of aliphatic imine (C=N–C) groups is 1. The fourth-order valence-corrected chi connectivity index (χ4v) is 2.76. The van der Waals surface area contributed by atoms with Crippen molar-refractivity contribution in [2.24, 2.45) is 4.99 Å². The molecule has 0 saturated heterocycles. The molecule has 1 aliphatic rings. The molecule has 26 heavy (non-hydrogen) atoms. The van der Waals surface area contributed by atoms with Crippen molar-refractivity contribution in [3.63, 3.8) is 0 Å². The van der Waals surface area contributed by atoms with E-state index in [1.165, 1.54) is 0 Å². The van der Waals surface area contributed by atoms with Crippen LogP contribution in [-0.4, -0.2) is 38.0 Å². The lowest BCUT2D eigenvalue weighted by molar-refractivity contribution is 0.490. The minimum absolute atomic E-state index is 0.715. The minimum atomic E-state index is -3.67. The number of anilines is 1. The molecule has 2 N–H and O–H groups in total. The number of para-hydroxylation sites is 1. The predicted molar refractivity (Wildman–Crippen MR) is 104 cm³/mol. The molecule has 0 spiro atoms. The summed E-state index contributed by atoms with van der Waals surface area (Å²) < 4.78 is 31.9. The summed E-state index contributed by atoms with van der Waals surface area (Å²) in [6, 6.07) is 15.7. The second kappa shape index (κ2) is 7.49. The Morgan fingerprint density at radius 1 is 1.15 bits per heavy atom. The Morgan fingerprint density at radius 3 is 2.50 bits per heavy atom. The predicted octanol–water partition coefficient (Wildman–Crippen LogP) is 3.85. The van der Waals surface area contributed by atoms with Gasteiger partial charge in [-0.25, -0.2) is 0 Å². The van der Waals surface area contributed by atoms with Crippen molar-refractivity contribution in [3.8, 4) is 0 Å². The first-order valence-electron chi connectivity index (χ1n) is 7.81. The zero-order valence-corrected chi connectivity index (χ0v) is 15.5. The van der Waals surface area contributed by atoms with Gasteiger partial charge in [-0.15, -0.1) is 0 Å². The zero-order chi connectivity index (χ0) is 18.7. The summed E-state index contributed by atoms with van der Waals surface area (Å²) in [6.07, 6.45) is 0.715. The summed E-state index contributed by atoms with van der Waals surface area (Å²) in [4.78, 5) is 4.68. The van der Waals surface area contributed by atoms with Gasteiger partial charge >= 0.3 is 0 Å². The molecule has 1 aliphatic heterocycles. The molecule has 0 bridgehead atoms. The summed E-state index contributed by atoms with van der Waals surface area (Å²) in [5, 5.41) is 5.24. The maximum absolute atomic E-state index is 9.19. The smallest absolute Gasteiger partial charge is 0.261 e. The van der Waals surface area contributed by atoms with Crippen LogP contribution in [0.4, 0.5) is 5.69 Å². The van der Waals surface area contributed by atoms with E-state index < -0.39 is 10.1 Å². The molecule has 2 heterocycles. The normalized spacial score (nSPS) is 13.7. The molecule has 4 rings (SSSR count). The van der Waals surface area contributed by atoms with Gasteiger partial charge in [-0.3, -0.25) is 9.55 Å². The van der Waals surface area contributed by atoms with Crippen LogP contribution in [0.3, 0.4) is 0 Å². The topological polar surface area (TPSA) is 91.9 Å². The minimum Gasteiger partial charge on any atom is -0.452 e. The molecule has 3 aromatic rings. The Hall–Kier alpha value is -2.35. The quantitative estimate of drug-likeness (QED) is 0.613. The molecular weight excluding hydrogens is 376 g/mol. The fourth-order valence-electron chi connectivity index (χ4n) is 2.64. The molecule has 0 saturated carbocycles. The van der Waals surface area contributed by atoms with Crippen molar-refractivity contribution in [3.05, 3.63) is 64.9 Å². The first-order valence-corrected chi connectivity index (χ1v) is 10.0. The number of nitrogens with zero attached hydrogens (tertiary/aromatic N) is 1. The van der Waals surface area contributed by atoms with Crippen LogP contribution in [0.15, 0.2) is 57.9 Å². The lowest BCUT2D eigenvalue weighted by atomic mass is 10.1. The Kier molecular flexibility index (Phi) is 5.31. The van der Waals surface area contributed by atoms with Gasteiger partial charge in [0, 0.05) is 22.5 Å². The molecule has 0 unspecified atom stereocenters. The van der Waals surface area contributed by atoms with Crippen LogP contribution in [-0.2, 0) is 10.1 Å². The summed E-state index contributed by atoms with van der Waals surface area (Å²) >= 11 is 5.97. The summed E-state index contributed by atoms with van der Waals surface area (Å²) in [5.74, 6) is 0.802. The van der Waals surface area contributed by atoms with Crippen LogP contribution in [0.5, 0.6) is 0 Å². The van der Waals surface area contributed by atoms with Crippen molar-refractivity contribution < 1.29 is 17.4 Å². The third kappa shape index (κ3) is 4.43. The Balaban J connectivity index is 0.000000349. The largest absolute Gasteiger partial charge is 0.452 e. The number of hydrogen-bond donors (Lipinski definition) is 2. The molecule has 136 valence electrons. The third-order valence-corrected chi connectivity index (χ3v) is 3.86. The number of rotatable bonds is 1. The number of nitrogens with one attached hydrogen (secondary N) is 1. The van der Waals surface area contributed by atoms with Gasteiger partial charge in [0.1, 0.15) is 11.3 Å². The van der Waals surface area contributed by atoms with Crippen molar-refractivity contribution in [2.75, 3.05) is 24.7 Å². The zero-order valence-electron chi connectivity index (χ0n) is 13.9. The van der Waals surface area contributed by atoms with Gasteiger partial charge in [0.25, 0.3) is 10.1 Å². The van der Waals surface area contributed by atoms with Crippen LogP contribution < -0.4 is 5.32 Å². The summed E-state index contributed by atoms with van der Waals surface area (Å²) in [7, 11) is -3.67. The van der Waals surface area contributed by atoms with Gasteiger partial charge in [-0.1, -0.05) is 35.9 Å². The third-order valence-electron chi connectivity index (χ3n) is 3.61. The molecule has 8 heteroatoms. The highest BCUT2D eigenvalue weighted by molar-refractivity contribution is 7.85. The highest BCUT2D eigenvalue weighted by Gasteiger charge is 2.21. The van der Waals surface area contributed by atoms with Crippen LogP contribution >= 0.6 is 11.6 Å². The fraction of sp³-hybridized carbons (Fsp3) is 0.167. The van der Waals surface area contributed by atoms with Crippen LogP contribution in [0.1, 0.15) is 11.3 Å². The molecule has 0 amide bonds. The number of halogens is 1. The maximum Gasteiger partial charge on any atom is 0.261 e. The Labute approximate surface area is 156 Å². The van der Waals surface area contributed by atoms with E-state index in [1.54, 1.807) is 0 Å². The lowest BCUT2D eigenvalue weighted by Crippen LogP contribution is -2.02. The Bertz CT molecular complexity index is 1050. The van der Waals surface area contributed by atoms with Crippen molar-refractivity contribution in [1.29, 1.82) is 0 Å². The van der Waals surface area contributed by atoms with Crippen LogP contribution in [0, 0.1) is 0 Å². The van der Waals surface area contributed by atoms with Crippen LogP contribution in [0.25, 0.3) is 11.0 Å².